The molecule has 0 radical (unpaired) electrons. The van der Waals surface area contributed by atoms with Gasteiger partial charge in [0.05, 0.1) is 5.69 Å². The fourth-order valence-corrected chi connectivity index (χ4v) is 3.58. The molecule has 1 aromatic heterocycles. The Kier molecular flexibility index (Phi) is 4.99. The highest BCUT2D eigenvalue weighted by molar-refractivity contribution is 6.04. The van der Waals surface area contributed by atoms with Crippen LogP contribution in [0.4, 0.5) is 20.6 Å². The van der Waals surface area contributed by atoms with Gasteiger partial charge in [0.25, 0.3) is 5.91 Å². The molecule has 148 valence electrons. The Labute approximate surface area is 166 Å². The minimum Gasteiger partial charge on any atom is -0.351 e. The SMILES string of the molecule is NC(=O)Nc1cccc(NC(=O)c2nn(-c3ccc(F)cc3)c3c2CCCC3)c1. The number of urea groups is 1. The molecule has 3 aromatic rings. The smallest absolute Gasteiger partial charge is 0.316 e. The average molecular weight is 393 g/mol. The number of hydrogen-bond donors (Lipinski definition) is 3. The molecule has 2 aromatic carbocycles. The molecule has 0 aliphatic heterocycles. The van der Waals surface area contributed by atoms with Crippen LogP contribution in [-0.4, -0.2) is 21.7 Å². The van der Waals surface area contributed by atoms with E-state index in [0.717, 1.165) is 42.6 Å². The van der Waals surface area contributed by atoms with Crippen molar-refractivity contribution in [2.24, 2.45) is 5.73 Å². The molecule has 8 heteroatoms. The molecule has 0 spiro atoms. The van der Waals surface area contributed by atoms with Gasteiger partial charge in [-0.1, -0.05) is 6.07 Å². The summed E-state index contributed by atoms with van der Waals surface area (Å²) in [5.74, 6) is -0.655. The summed E-state index contributed by atoms with van der Waals surface area (Å²) in [6.07, 6.45) is 3.58. The van der Waals surface area contributed by atoms with Gasteiger partial charge >= 0.3 is 6.03 Å². The largest absolute Gasteiger partial charge is 0.351 e. The van der Waals surface area contributed by atoms with Crippen molar-refractivity contribution in [2.75, 3.05) is 10.6 Å². The summed E-state index contributed by atoms with van der Waals surface area (Å²) in [5, 5.41) is 9.86. The number of carbonyl (C=O) groups excluding carboxylic acids is 2. The fourth-order valence-electron chi connectivity index (χ4n) is 3.58. The number of carbonyl (C=O) groups is 2. The number of fused-ring (bicyclic) bond motifs is 1. The van der Waals surface area contributed by atoms with Crippen LogP contribution in [0.2, 0.25) is 0 Å². The van der Waals surface area contributed by atoms with Gasteiger partial charge in [-0.25, -0.2) is 13.9 Å². The van der Waals surface area contributed by atoms with E-state index in [9.17, 15) is 14.0 Å². The summed E-state index contributed by atoms with van der Waals surface area (Å²) in [6, 6.07) is 12.1. The van der Waals surface area contributed by atoms with Crippen LogP contribution in [0.3, 0.4) is 0 Å². The molecule has 29 heavy (non-hydrogen) atoms. The second kappa shape index (κ2) is 7.75. The van der Waals surface area contributed by atoms with Crippen LogP contribution in [0, 0.1) is 5.82 Å². The molecule has 0 fully saturated rings. The Morgan fingerprint density at radius 2 is 1.69 bits per heavy atom. The number of aromatic nitrogens is 2. The second-order valence-electron chi connectivity index (χ2n) is 6.89. The van der Waals surface area contributed by atoms with Crippen molar-refractivity contribution in [3.63, 3.8) is 0 Å². The first-order valence-corrected chi connectivity index (χ1v) is 9.36. The molecular weight excluding hydrogens is 373 g/mol. The van der Waals surface area contributed by atoms with E-state index in [1.807, 2.05) is 0 Å². The summed E-state index contributed by atoms with van der Waals surface area (Å²) in [7, 11) is 0. The van der Waals surface area contributed by atoms with Gasteiger partial charge in [0, 0.05) is 22.6 Å². The lowest BCUT2D eigenvalue weighted by Gasteiger charge is -2.14. The number of halogens is 1. The zero-order valence-corrected chi connectivity index (χ0v) is 15.6. The molecular formula is C21H20FN5O2. The number of rotatable bonds is 4. The number of nitrogens with two attached hydrogens (primary N) is 1. The summed E-state index contributed by atoms with van der Waals surface area (Å²) >= 11 is 0. The highest BCUT2D eigenvalue weighted by Gasteiger charge is 2.25. The molecule has 0 saturated carbocycles. The molecule has 0 atom stereocenters. The number of benzene rings is 2. The fraction of sp³-hybridized carbons (Fsp3) is 0.190. The monoisotopic (exact) mass is 393 g/mol. The maximum absolute atomic E-state index is 13.3. The van der Waals surface area contributed by atoms with E-state index in [0.29, 0.717) is 17.1 Å². The van der Waals surface area contributed by atoms with E-state index >= 15 is 0 Å². The Morgan fingerprint density at radius 1 is 1.00 bits per heavy atom. The van der Waals surface area contributed by atoms with E-state index in [1.165, 1.54) is 12.1 Å². The van der Waals surface area contributed by atoms with Crippen LogP contribution in [0.25, 0.3) is 5.69 Å². The second-order valence-corrected chi connectivity index (χ2v) is 6.89. The van der Waals surface area contributed by atoms with E-state index in [1.54, 1.807) is 41.1 Å². The molecule has 7 nitrogen and oxygen atoms in total. The van der Waals surface area contributed by atoms with E-state index in [-0.39, 0.29) is 11.7 Å². The van der Waals surface area contributed by atoms with Crippen molar-refractivity contribution in [1.29, 1.82) is 0 Å². The Hall–Kier alpha value is -3.68. The van der Waals surface area contributed by atoms with Crippen molar-refractivity contribution in [3.8, 4) is 5.69 Å². The van der Waals surface area contributed by atoms with Crippen LogP contribution in [0.5, 0.6) is 0 Å². The van der Waals surface area contributed by atoms with Crippen molar-refractivity contribution in [2.45, 2.75) is 25.7 Å². The summed E-state index contributed by atoms with van der Waals surface area (Å²) < 4.78 is 15.0. The first-order valence-electron chi connectivity index (χ1n) is 9.36. The highest BCUT2D eigenvalue weighted by Crippen LogP contribution is 2.28. The molecule has 4 rings (SSSR count). The van der Waals surface area contributed by atoms with Crippen molar-refractivity contribution in [1.82, 2.24) is 9.78 Å². The van der Waals surface area contributed by atoms with Gasteiger partial charge in [-0.3, -0.25) is 4.79 Å². The van der Waals surface area contributed by atoms with Gasteiger partial charge in [0.2, 0.25) is 0 Å². The summed E-state index contributed by atoms with van der Waals surface area (Å²) in [4.78, 5) is 24.0. The Morgan fingerprint density at radius 3 is 2.41 bits per heavy atom. The third-order valence-corrected chi connectivity index (χ3v) is 4.85. The lowest BCUT2D eigenvalue weighted by atomic mass is 9.95. The quantitative estimate of drug-likeness (QED) is 0.631. The van der Waals surface area contributed by atoms with Crippen LogP contribution in [0.15, 0.2) is 48.5 Å². The predicted molar refractivity (Wildman–Crippen MR) is 108 cm³/mol. The molecule has 4 N–H and O–H groups in total. The minimum atomic E-state index is -0.680. The lowest BCUT2D eigenvalue weighted by molar-refractivity contribution is 0.102. The summed E-state index contributed by atoms with van der Waals surface area (Å²) in [5.41, 5.74) is 9.12. The normalized spacial score (nSPS) is 12.9. The Bertz CT molecular complexity index is 1080. The summed E-state index contributed by atoms with van der Waals surface area (Å²) in [6.45, 7) is 0. The van der Waals surface area contributed by atoms with Gasteiger partial charge in [0.1, 0.15) is 5.82 Å². The Balaban J connectivity index is 1.65. The van der Waals surface area contributed by atoms with Crippen molar-refractivity contribution >= 4 is 23.3 Å². The molecule has 1 aliphatic rings. The third-order valence-electron chi connectivity index (χ3n) is 4.85. The van der Waals surface area contributed by atoms with Gasteiger partial charge in [-0.2, -0.15) is 5.10 Å². The minimum absolute atomic E-state index is 0.322. The number of nitrogens with one attached hydrogen (secondary N) is 2. The van der Waals surface area contributed by atoms with Crippen molar-refractivity contribution < 1.29 is 14.0 Å². The van der Waals surface area contributed by atoms with Gasteiger partial charge in [-0.05, 0) is 68.1 Å². The first kappa shape index (κ1) is 18.7. The highest BCUT2D eigenvalue weighted by atomic mass is 19.1. The number of amides is 3. The van der Waals surface area contributed by atoms with Crippen molar-refractivity contribution in [3.05, 3.63) is 71.3 Å². The molecule has 3 amide bonds. The lowest BCUT2D eigenvalue weighted by Crippen LogP contribution is -2.19. The predicted octanol–water partition coefficient (Wildman–Crippen LogP) is 3.63. The number of nitrogens with zero attached hydrogens (tertiary/aromatic N) is 2. The molecule has 0 bridgehead atoms. The third kappa shape index (κ3) is 3.96. The topological polar surface area (TPSA) is 102 Å². The van der Waals surface area contributed by atoms with E-state index < -0.39 is 6.03 Å². The zero-order valence-electron chi connectivity index (χ0n) is 15.6. The number of primary amides is 1. The molecule has 1 aliphatic carbocycles. The van der Waals surface area contributed by atoms with Crippen LogP contribution in [-0.2, 0) is 12.8 Å². The van der Waals surface area contributed by atoms with Gasteiger partial charge in [0.15, 0.2) is 5.69 Å². The molecule has 0 unspecified atom stereocenters. The maximum Gasteiger partial charge on any atom is 0.316 e. The van der Waals surface area contributed by atoms with Gasteiger partial charge in [-0.15, -0.1) is 0 Å². The maximum atomic E-state index is 13.3. The zero-order chi connectivity index (χ0) is 20.4. The van der Waals surface area contributed by atoms with Crippen LogP contribution >= 0.6 is 0 Å². The molecule has 1 heterocycles. The van der Waals surface area contributed by atoms with Gasteiger partial charge < -0.3 is 16.4 Å². The first-order chi connectivity index (χ1) is 14.0. The van der Waals surface area contributed by atoms with Crippen LogP contribution < -0.4 is 16.4 Å². The van der Waals surface area contributed by atoms with E-state index in [4.69, 9.17) is 5.73 Å². The van der Waals surface area contributed by atoms with Crippen LogP contribution in [0.1, 0.15) is 34.6 Å². The number of hydrogen-bond acceptors (Lipinski definition) is 3. The number of anilines is 2. The standard InChI is InChI=1S/C21H20FN5O2/c22-13-8-10-16(11-9-13)27-18-7-2-1-6-17(18)19(26-27)20(28)24-14-4-3-5-15(12-14)25-21(23)29/h3-5,8-12H,1-2,6-7H2,(H,24,28)(H3,23,25,29). The molecule has 0 saturated heterocycles. The van der Waals surface area contributed by atoms with E-state index in [2.05, 4.69) is 15.7 Å². The average Bonchev–Trinajstić information content (AvgIpc) is 3.08.